The topological polar surface area (TPSA) is 49.4 Å². The van der Waals surface area contributed by atoms with E-state index in [0.29, 0.717) is 13.1 Å². The molecule has 0 aliphatic carbocycles. The second kappa shape index (κ2) is 7.45. The molecular formula is C11H19ClN2O2S2. The minimum atomic E-state index is -3.06. The second-order valence-electron chi connectivity index (χ2n) is 3.99. The minimum absolute atomic E-state index is 0.527. The summed E-state index contributed by atoms with van der Waals surface area (Å²) in [6.07, 6.45) is 2.05. The first kappa shape index (κ1) is 15.9. The Balaban J connectivity index is 2.19. The normalized spacial score (nSPS) is 12.2. The van der Waals surface area contributed by atoms with E-state index in [1.54, 1.807) is 11.3 Å². The maximum atomic E-state index is 11.3. The van der Waals surface area contributed by atoms with Crippen LogP contribution >= 0.6 is 22.9 Å². The number of hydrogen-bond donors (Lipinski definition) is 1. The Bertz CT molecular complexity index is 459. The Morgan fingerprint density at radius 3 is 2.67 bits per heavy atom. The van der Waals surface area contributed by atoms with Crippen LogP contribution in [0.4, 0.5) is 0 Å². The fourth-order valence-corrected chi connectivity index (χ4v) is 3.58. The number of sulfonamides is 1. The van der Waals surface area contributed by atoms with Gasteiger partial charge in [0, 0.05) is 24.5 Å². The quantitative estimate of drug-likeness (QED) is 0.749. The van der Waals surface area contributed by atoms with Crippen molar-refractivity contribution >= 4 is 33.0 Å². The van der Waals surface area contributed by atoms with E-state index in [2.05, 4.69) is 5.32 Å². The van der Waals surface area contributed by atoms with Gasteiger partial charge < -0.3 is 5.32 Å². The predicted molar refractivity (Wildman–Crippen MR) is 77.7 cm³/mol. The lowest BCUT2D eigenvalue weighted by Gasteiger charge is -2.17. The highest BCUT2D eigenvalue weighted by Gasteiger charge is 2.12. The van der Waals surface area contributed by atoms with Gasteiger partial charge in [0.15, 0.2) is 0 Å². The minimum Gasteiger partial charge on any atom is -0.312 e. The lowest BCUT2D eigenvalue weighted by atomic mass is 10.4. The molecule has 0 aliphatic heterocycles. The Hall–Kier alpha value is -0.140. The number of nitrogens with zero attached hydrogens (tertiary/aromatic N) is 1. The first-order valence-corrected chi connectivity index (χ1v) is 8.88. The Labute approximate surface area is 118 Å². The first-order chi connectivity index (χ1) is 8.43. The largest absolute Gasteiger partial charge is 0.312 e. The van der Waals surface area contributed by atoms with E-state index >= 15 is 0 Å². The zero-order chi connectivity index (χ0) is 13.6. The third-order valence-electron chi connectivity index (χ3n) is 2.51. The molecule has 0 saturated heterocycles. The van der Waals surface area contributed by atoms with Gasteiger partial charge in [-0.2, -0.15) is 0 Å². The monoisotopic (exact) mass is 310 g/mol. The van der Waals surface area contributed by atoms with Crippen molar-refractivity contribution in [1.29, 1.82) is 0 Å². The van der Waals surface area contributed by atoms with Crippen LogP contribution in [0.3, 0.4) is 0 Å². The maximum absolute atomic E-state index is 11.3. The van der Waals surface area contributed by atoms with Gasteiger partial charge in [0.1, 0.15) is 0 Å². The van der Waals surface area contributed by atoms with Gasteiger partial charge in [-0.3, -0.25) is 0 Å². The van der Waals surface area contributed by atoms with Gasteiger partial charge in [-0.05, 0) is 25.1 Å². The van der Waals surface area contributed by atoms with Gasteiger partial charge in [0.25, 0.3) is 0 Å². The van der Waals surface area contributed by atoms with Crippen LogP contribution in [0.25, 0.3) is 0 Å². The molecule has 0 fully saturated rings. The highest BCUT2D eigenvalue weighted by atomic mass is 35.5. The van der Waals surface area contributed by atoms with E-state index in [9.17, 15) is 8.42 Å². The molecule has 1 aromatic rings. The van der Waals surface area contributed by atoms with Crippen LogP contribution in [0.2, 0.25) is 4.34 Å². The number of rotatable bonds is 8. The molecule has 18 heavy (non-hydrogen) atoms. The lowest BCUT2D eigenvalue weighted by molar-refractivity contribution is 0.419. The SMILES string of the molecule is CCN(CCCNCc1ccc(Cl)s1)S(C)(=O)=O. The molecule has 0 saturated carbocycles. The summed E-state index contributed by atoms with van der Waals surface area (Å²) in [6, 6.07) is 3.88. The van der Waals surface area contributed by atoms with Crippen molar-refractivity contribution in [2.75, 3.05) is 25.9 Å². The van der Waals surface area contributed by atoms with Crippen molar-refractivity contribution in [3.8, 4) is 0 Å². The highest BCUT2D eigenvalue weighted by molar-refractivity contribution is 7.88. The molecule has 0 amide bonds. The van der Waals surface area contributed by atoms with Crippen LogP contribution in [0.5, 0.6) is 0 Å². The van der Waals surface area contributed by atoms with Gasteiger partial charge in [0.05, 0.1) is 10.6 Å². The molecule has 0 radical (unpaired) electrons. The van der Waals surface area contributed by atoms with Gasteiger partial charge in [-0.25, -0.2) is 12.7 Å². The average Bonchev–Trinajstić information content (AvgIpc) is 2.67. The Kier molecular flexibility index (Phi) is 6.59. The number of halogens is 1. The van der Waals surface area contributed by atoms with Crippen LogP contribution < -0.4 is 5.32 Å². The molecule has 7 heteroatoms. The third-order valence-corrected chi connectivity index (χ3v) is 5.12. The van der Waals surface area contributed by atoms with Crippen molar-refractivity contribution < 1.29 is 8.42 Å². The predicted octanol–water partition coefficient (Wildman–Crippen LogP) is 2.16. The van der Waals surface area contributed by atoms with Crippen molar-refractivity contribution in [3.05, 3.63) is 21.3 Å². The molecule has 1 aromatic heterocycles. The third kappa shape index (κ3) is 5.67. The van der Waals surface area contributed by atoms with Crippen molar-refractivity contribution in [3.63, 3.8) is 0 Å². The first-order valence-electron chi connectivity index (χ1n) is 5.83. The zero-order valence-corrected chi connectivity index (χ0v) is 13.0. The molecule has 0 aliphatic rings. The average molecular weight is 311 g/mol. The summed E-state index contributed by atoms with van der Waals surface area (Å²) in [7, 11) is -3.06. The maximum Gasteiger partial charge on any atom is 0.211 e. The summed E-state index contributed by atoms with van der Waals surface area (Å²) < 4.78 is 25.0. The summed E-state index contributed by atoms with van der Waals surface area (Å²) in [5, 5.41) is 3.28. The van der Waals surface area contributed by atoms with Crippen LogP contribution in [0.1, 0.15) is 18.2 Å². The van der Waals surface area contributed by atoms with Crippen molar-refractivity contribution in [2.45, 2.75) is 19.9 Å². The van der Waals surface area contributed by atoms with E-state index in [0.717, 1.165) is 23.8 Å². The van der Waals surface area contributed by atoms with E-state index in [-0.39, 0.29) is 0 Å². The molecule has 0 spiro atoms. The lowest BCUT2D eigenvalue weighted by Crippen LogP contribution is -2.32. The summed E-state index contributed by atoms with van der Waals surface area (Å²) in [6.45, 7) is 4.51. The molecule has 4 nitrogen and oxygen atoms in total. The van der Waals surface area contributed by atoms with E-state index in [1.165, 1.54) is 15.4 Å². The standard InChI is InChI=1S/C11H19ClN2O2S2/c1-3-14(18(2,15)16)8-4-7-13-9-10-5-6-11(12)17-10/h5-6,13H,3-4,7-9H2,1-2H3. The Morgan fingerprint density at radius 2 is 2.17 bits per heavy atom. The zero-order valence-electron chi connectivity index (χ0n) is 10.6. The highest BCUT2D eigenvalue weighted by Crippen LogP contribution is 2.20. The van der Waals surface area contributed by atoms with Crippen LogP contribution in [-0.2, 0) is 16.6 Å². The Morgan fingerprint density at radius 1 is 1.44 bits per heavy atom. The van der Waals surface area contributed by atoms with Crippen LogP contribution in [0, 0.1) is 0 Å². The molecule has 0 unspecified atom stereocenters. The molecule has 0 atom stereocenters. The molecular weight excluding hydrogens is 292 g/mol. The number of nitrogens with one attached hydrogen (secondary N) is 1. The van der Waals surface area contributed by atoms with Crippen molar-refractivity contribution in [1.82, 2.24) is 9.62 Å². The smallest absolute Gasteiger partial charge is 0.211 e. The molecule has 1 heterocycles. The van der Waals surface area contributed by atoms with Crippen molar-refractivity contribution in [2.24, 2.45) is 0 Å². The van der Waals surface area contributed by atoms with E-state index < -0.39 is 10.0 Å². The molecule has 1 N–H and O–H groups in total. The van der Waals surface area contributed by atoms with Gasteiger partial charge in [0.2, 0.25) is 10.0 Å². The number of thiophene rings is 1. The second-order valence-corrected chi connectivity index (χ2v) is 7.77. The molecule has 1 rings (SSSR count). The van der Waals surface area contributed by atoms with E-state index in [4.69, 9.17) is 11.6 Å². The number of hydrogen-bond acceptors (Lipinski definition) is 4. The fraction of sp³-hybridized carbons (Fsp3) is 0.636. The van der Waals surface area contributed by atoms with Crippen LogP contribution in [0.15, 0.2) is 12.1 Å². The summed E-state index contributed by atoms with van der Waals surface area (Å²) in [5.74, 6) is 0. The van der Waals surface area contributed by atoms with Gasteiger partial charge in [-0.1, -0.05) is 18.5 Å². The summed E-state index contributed by atoms with van der Waals surface area (Å²) in [5.41, 5.74) is 0. The van der Waals surface area contributed by atoms with Gasteiger partial charge >= 0.3 is 0 Å². The molecule has 104 valence electrons. The summed E-state index contributed by atoms with van der Waals surface area (Å²) in [4.78, 5) is 1.19. The van der Waals surface area contributed by atoms with Crippen LogP contribution in [-0.4, -0.2) is 38.6 Å². The fourth-order valence-electron chi connectivity index (χ4n) is 1.60. The molecule has 0 bridgehead atoms. The summed E-state index contributed by atoms with van der Waals surface area (Å²) >= 11 is 7.39. The van der Waals surface area contributed by atoms with E-state index in [1.807, 2.05) is 19.1 Å². The van der Waals surface area contributed by atoms with Gasteiger partial charge in [-0.15, -0.1) is 11.3 Å². The molecule has 0 aromatic carbocycles.